The first-order chi connectivity index (χ1) is 14.0. The first kappa shape index (κ1) is 21.0. The van der Waals surface area contributed by atoms with E-state index < -0.39 is 6.10 Å². The van der Waals surface area contributed by atoms with E-state index in [2.05, 4.69) is 27.0 Å². The predicted octanol–water partition coefficient (Wildman–Crippen LogP) is 1.28. The van der Waals surface area contributed by atoms with Crippen molar-refractivity contribution in [3.05, 3.63) is 65.5 Å². The Hall–Kier alpha value is -2.72. The lowest BCUT2D eigenvalue weighted by atomic mass is 9.74. The molecule has 0 unspecified atom stereocenters. The molecule has 0 aliphatic carbocycles. The number of nitrogens with zero attached hydrogens (tertiary/aromatic N) is 2. The van der Waals surface area contributed by atoms with Crippen molar-refractivity contribution in [3.8, 4) is 11.8 Å². The highest BCUT2D eigenvalue weighted by molar-refractivity contribution is 5.72. The molecule has 1 aromatic heterocycles. The van der Waals surface area contributed by atoms with Crippen LogP contribution in [0.15, 0.2) is 48.7 Å². The molecule has 0 bridgehead atoms. The average Bonchev–Trinajstić information content (AvgIpc) is 2.70. The van der Waals surface area contributed by atoms with Crippen LogP contribution >= 0.6 is 0 Å². The highest BCUT2D eigenvalue weighted by atomic mass is 16.3. The molecule has 152 valence electrons. The smallest absolute Gasteiger partial charge is 0.216 e. The molecule has 0 radical (unpaired) electrons. The standard InChI is InChI=1S/C23H27N3O3/c1-16(28)6-7-18-8-10-19(11-9-18)23-21(13-25-17(2)29)26(22(23)15-27)14-20-5-3-4-12-24-20/h3-5,8-12,16,21-23,27-28H,13-15H2,1-2H3,(H,25,29)/t16-,21-,22+,23+/m0/s1. The fraction of sp³-hybridized carbons (Fsp3) is 0.391. The molecule has 0 saturated carbocycles. The minimum absolute atomic E-state index is 0.0255. The number of pyridine rings is 1. The zero-order chi connectivity index (χ0) is 20.8. The maximum Gasteiger partial charge on any atom is 0.216 e. The normalized spacial score (nSPS) is 22.1. The highest BCUT2D eigenvalue weighted by Crippen LogP contribution is 2.41. The van der Waals surface area contributed by atoms with Crippen LogP contribution in [0.2, 0.25) is 0 Å². The second kappa shape index (κ2) is 9.66. The van der Waals surface area contributed by atoms with Crippen LogP contribution in [0.3, 0.4) is 0 Å². The minimum atomic E-state index is -0.665. The number of amides is 1. The summed E-state index contributed by atoms with van der Waals surface area (Å²) in [5.74, 6) is 5.70. The van der Waals surface area contributed by atoms with E-state index in [-0.39, 0.29) is 30.5 Å². The summed E-state index contributed by atoms with van der Waals surface area (Å²) in [7, 11) is 0. The van der Waals surface area contributed by atoms with Crippen molar-refractivity contribution in [2.24, 2.45) is 0 Å². The van der Waals surface area contributed by atoms with E-state index in [9.17, 15) is 15.0 Å². The Morgan fingerprint density at radius 2 is 2.00 bits per heavy atom. The molecule has 1 aromatic carbocycles. The number of aliphatic hydroxyl groups is 2. The van der Waals surface area contributed by atoms with Crippen LogP contribution in [0.5, 0.6) is 0 Å². The number of hydrogen-bond donors (Lipinski definition) is 3. The average molecular weight is 393 g/mol. The van der Waals surface area contributed by atoms with Crippen molar-refractivity contribution in [2.45, 2.75) is 44.5 Å². The molecule has 1 fully saturated rings. The topological polar surface area (TPSA) is 85.7 Å². The summed E-state index contributed by atoms with van der Waals surface area (Å²) in [5.41, 5.74) is 2.86. The van der Waals surface area contributed by atoms with Crippen molar-refractivity contribution in [2.75, 3.05) is 13.2 Å². The molecule has 0 spiro atoms. The molecule has 3 rings (SSSR count). The lowest BCUT2D eigenvalue weighted by molar-refractivity contribution is -0.120. The fourth-order valence-corrected chi connectivity index (χ4v) is 3.86. The molecule has 1 aliphatic heterocycles. The van der Waals surface area contributed by atoms with Crippen LogP contribution in [-0.2, 0) is 11.3 Å². The monoisotopic (exact) mass is 393 g/mol. The third-order valence-corrected chi connectivity index (χ3v) is 5.22. The molecule has 29 heavy (non-hydrogen) atoms. The first-order valence-corrected chi connectivity index (χ1v) is 9.80. The van der Waals surface area contributed by atoms with Crippen molar-refractivity contribution in [3.63, 3.8) is 0 Å². The van der Waals surface area contributed by atoms with E-state index in [0.717, 1.165) is 16.8 Å². The van der Waals surface area contributed by atoms with Crippen LogP contribution in [-0.4, -0.2) is 57.3 Å². The van der Waals surface area contributed by atoms with Gasteiger partial charge in [0.05, 0.1) is 12.3 Å². The lowest BCUT2D eigenvalue weighted by Crippen LogP contribution is -2.66. The van der Waals surface area contributed by atoms with Gasteiger partial charge in [-0.05, 0) is 36.8 Å². The van der Waals surface area contributed by atoms with E-state index in [0.29, 0.717) is 13.1 Å². The summed E-state index contributed by atoms with van der Waals surface area (Å²) in [4.78, 5) is 18.1. The molecule has 1 aliphatic rings. The highest BCUT2D eigenvalue weighted by Gasteiger charge is 2.48. The SMILES string of the molecule is CC(=O)NC[C@H]1[C@@H](c2ccc(C#C[C@H](C)O)cc2)[C@@H](CO)N1Cc1ccccn1. The Kier molecular flexibility index (Phi) is 6.99. The van der Waals surface area contributed by atoms with Gasteiger partial charge in [-0.15, -0.1) is 0 Å². The summed E-state index contributed by atoms with van der Waals surface area (Å²) in [6, 6.07) is 13.7. The second-order valence-corrected chi connectivity index (χ2v) is 7.34. The number of hydrogen-bond acceptors (Lipinski definition) is 5. The zero-order valence-corrected chi connectivity index (χ0v) is 16.7. The van der Waals surface area contributed by atoms with Crippen LogP contribution in [0.4, 0.5) is 0 Å². The van der Waals surface area contributed by atoms with Gasteiger partial charge in [-0.1, -0.05) is 30.0 Å². The molecular formula is C23H27N3O3. The van der Waals surface area contributed by atoms with Gasteiger partial charge < -0.3 is 15.5 Å². The Morgan fingerprint density at radius 1 is 1.24 bits per heavy atom. The second-order valence-electron chi connectivity index (χ2n) is 7.34. The summed E-state index contributed by atoms with van der Waals surface area (Å²) in [5, 5.41) is 22.3. The number of nitrogens with one attached hydrogen (secondary N) is 1. The van der Waals surface area contributed by atoms with Crippen molar-refractivity contribution in [1.29, 1.82) is 0 Å². The largest absolute Gasteiger partial charge is 0.395 e. The molecule has 1 amide bonds. The quantitative estimate of drug-likeness (QED) is 0.644. The van der Waals surface area contributed by atoms with Crippen molar-refractivity contribution in [1.82, 2.24) is 15.2 Å². The molecule has 1 saturated heterocycles. The number of likely N-dealkylation sites (tertiary alicyclic amines) is 1. The molecule has 6 nitrogen and oxygen atoms in total. The van der Waals surface area contributed by atoms with E-state index in [1.165, 1.54) is 6.92 Å². The van der Waals surface area contributed by atoms with Gasteiger partial charge in [0.15, 0.2) is 0 Å². The summed E-state index contributed by atoms with van der Waals surface area (Å²) in [6.07, 6.45) is 1.10. The van der Waals surface area contributed by atoms with Gasteiger partial charge in [-0.3, -0.25) is 14.7 Å². The summed E-state index contributed by atoms with van der Waals surface area (Å²) in [6.45, 7) is 4.29. The Bertz CT molecular complexity index is 872. The van der Waals surface area contributed by atoms with Crippen LogP contribution < -0.4 is 5.32 Å². The van der Waals surface area contributed by atoms with Gasteiger partial charge in [0.25, 0.3) is 0 Å². The summed E-state index contributed by atoms with van der Waals surface area (Å²) >= 11 is 0. The third kappa shape index (κ3) is 5.21. The number of rotatable bonds is 6. The number of aromatic nitrogens is 1. The molecule has 4 atom stereocenters. The molecular weight excluding hydrogens is 366 g/mol. The van der Waals surface area contributed by atoms with Gasteiger partial charge in [0, 0.05) is 49.8 Å². The molecule has 2 heterocycles. The fourth-order valence-electron chi connectivity index (χ4n) is 3.86. The van der Waals surface area contributed by atoms with E-state index in [1.54, 1.807) is 13.1 Å². The van der Waals surface area contributed by atoms with Crippen LogP contribution in [0.1, 0.15) is 36.6 Å². The summed E-state index contributed by atoms with van der Waals surface area (Å²) < 4.78 is 0. The minimum Gasteiger partial charge on any atom is -0.395 e. The van der Waals surface area contributed by atoms with Gasteiger partial charge in [0.2, 0.25) is 5.91 Å². The Labute approximate surface area is 171 Å². The van der Waals surface area contributed by atoms with Gasteiger partial charge in [-0.25, -0.2) is 0 Å². The van der Waals surface area contributed by atoms with Gasteiger partial charge >= 0.3 is 0 Å². The number of carbonyl (C=O) groups excluding carboxylic acids is 1. The Balaban J connectivity index is 1.81. The zero-order valence-electron chi connectivity index (χ0n) is 16.7. The van der Waals surface area contributed by atoms with E-state index >= 15 is 0 Å². The van der Waals surface area contributed by atoms with Crippen LogP contribution in [0.25, 0.3) is 0 Å². The molecule has 3 N–H and O–H groups in total. The Morgan fingerprint density at radius 3 is 2.59 bits per heavy atom. The van der Waals surface area contributed by atoms with Crippen molar-refractivity contribution >= 4 is 5.91 Å². The number of benzene rings is 1. The van der Waals surface area contributed by atoms with Gasteiger partial charge in [-0.2, -0.15) is 0 Å². The predicted molar refractivity (Wildman–Crippen MR) is 111 cm³/mol. The molecule has 6 heteroatoms. The number of carbonyl (C=O) groups is 1. The lowest BCUT2D eigenvalue weighted by Gasteiger charge is -2.55. The third-order valence-electron chi connectivity index (χ3n) is 5.22. The number of aliphatic hydroxyl groups excluding tert-OH is 2. The first-order valence-electron chi connectivity index (χ1n) is 9.80. The van der Waals surface area contributed by atoms with Gasteiger partial charge in [0.1, 0.15) is 6.10 Å². The molecule has 2 aromatic rings. The van der Waals surface area contributed by atoms with E-state index in [1.807, 2.05) is 42.5 Å². The van der Waals surface area contributed by atoms with Crippen LogP contribution in [0, 0.1) is 11.8 Å². The maximum absolute atomic E-state index is 11.5. The van der Waals surface area contributed by atoms with Crippen molar-refractivity contribution < 1.29 is 15.0 Å². The maximum atomic E-state index is 11.5. The van der Waals surface area contributed by atoms with E-state index in [4.69, 9.17) is 0 Å².